The number of amides is 1. The molecule has 2 aromatic carbocycles. The predicted molar refractivity (Wildman–Crippen MR) is 95.6 cm³/mol. The first-order valence-electron chi connectivity index (χ1n) is 7.65. The van der Waals surface area contributed by atoms with E-state index in [1.807, 2.05) is 18.2 Å². The first kappa shape index (κ1) is 15.8. The zero-order valence-corrected chi connectivity index (χ0v) is 13.8. The lowest BCUT2D eigenvalue weighted by atomic mass is 9.99. The van der Waals surface area contributed by atoms with E-state index in [9.17, 15) is 4.79 Å². The molecule has 1 N–H and O–H groups in total. The van der Waals surface area contributed by atoms with Crippen LogP contribution in [0.1, 0.15) is 16.7 Å². The zero-order valence-electron chi connectivity index (χ0n) is 13.1. The van der Waals surface area contributed by atoms with Gasteiger partial charge in [0.2, 0.25) is 5.91 Å². The number of hydrogen-bond acceptors (Lipinski definition) is 2. The van der Waals surface area contributed by atoms with Crippen LogP contribution in [0.2, 0.25) is 5.02 Å². The Labute approximate surface area is 141 Å². The molecule has 2 aromatic rings. The lowest BCUT2D eigenvalue weighted by Gasteiger charge is -2.25. The van der Waals surface area contributed by atoms with E-state index in [1.165, 1.54) is 17.2 Å². The number of nitrogens with zero attached hydrogens (tertiary/aromatic N) is 1. The van der Waals surface area contributed by atoms with Crippen LogP contribution in [0, 0.1) is 0 Å². The molecule has 0 radical (unpaired) electrons. The lowest BCUT2D eigenvalue weighted by Crippen LogP contribution is -2.26. The molecule has 1 aliphatic rings. The van der Waals surface area contributed by atoms with Crippen molar-refractivity contribution in [2.24, 2.45) is 0 Å². The number of carbonyl (C=O) groups excluding carboxylic acids is 1. The maximum atomic E-state index is 12.1. The standard InChI is InChI=1S/C19H19ClN2O/c1-22-11-10-15-5-8-18(12-16(15)13-22)21-19(23)9-4-14-2-6-17(20)7-3-14/h2-9,12H,10-11,13H2,1H3,(H,21,23)/b9-4+. The van der Waals surface area contributed by atoms with Gasteiger partial charge >= 0.3 is 0 Å². The minimum atomic E-state index is -0.135. The summed E-state index contributed by atoms with van der Waals surface area (Å²) >= 11 is 5.84. The molecule has 23 heavy (non-hydrogen) atoms. The number of rotatable bonds is 3. The van der Waals surface area contributed by atoms with Crippen LogP contribution < -0.4 is 5.32 Å². The second-order valence-corrected chi connectivity index (χ2v) is 6.28. The molecular formula is C19H19ClN2O. The molecular weight excluding hydrogens is 308 g/mol. The van der Waals surface area contributed by atoms with Crippen molar-refractivity contribution in [2.45, 2.75) is 13.0 Å². The van der Waals surface area contributed by atoms with Crippen molar-refractivity contribution in [2.75, 3.05) is 18.9 Å². The molecule has 4 heteroatoms. The molecule has 0 bridgehead atoms. The summed E-state index contributed by atoms with van der Waals surface area (Å²) in [6.07, 6.45) is 4.38. The van der Waals surface area contributed by atoms with Crippen molar-refractivity contribution >= 4 is 29.3 Å². The number of fused-ring (bicyclic) bond motifs is 1. The van der Waals surface area contributed by atoms with Crippen LogP contribution in [-0.2, 0) is 17.8 Å². The van der Waals surface area contributed by atoms with Crippen molar-refractivity contribution in [3.63, 3.8) is 0 Å². The topological polar surface area (TPSA) is 32.3 Å². The molecule has 0 saturated heterocycles. The van der Waals surface area contributed by atoms with E-state index in [0.717, 1.165) is 30.8 Å². The molecule has 0 aromatic heterocycles. The van der Waals surface area contributed by atoms with Gasteiger partial charge < -0.3 is 10.2 Å². The van der Waals surface area contributed by atoms with E-state index in [1.54, 1.807) is 18.2 Å². The van der Waals surface area contributed by atoms with Gasteiger partial charge in [0.05, 0.1) is 0 Å². The summed E-state index contributed by atoms with van der Waals surface area (Å²) in [6.45, 7) is 2.02. The number of nitrogens with one attached hydrogen (secondary N) is 1. The van der Waals surface area contributed by atoms with Crippen molar-refractivity contribution in [3.8, 4) is 0 Å². The van der Waals surface area contributed by atoms with E-state index in [0.29, 0.717) is 5.02 Å². The molecule has 118 valence electrons. The SMILES string of the molecule is CN1CCc2ccc(NC(=O)/C=C/c3ccc(Cl)cc3)cc2C1. The first-order valence-corrected chi connectivity index (χ1v) is 8.03. The second kappa shape index (κ2) is 6.99. The van der Waals surface area contributed by atoms with E-state index >= 15 is 0 Å². The molecule has 1 aliphatic heterocycles. The average molecular weight is 327 g/mol. The third kappa shape index (κ3) is 4.21. The molecule has 0 atom stereocenters. The fraction of sp³-hybridized carbons (Fsp3) is 0.211. The number of carbonyl (C=O) groups is 1. The third-order valence-electron chi connectivity index (χ3n) is 3.97. The summed E-state index contributed by atoms with van der Waals surface area (Å²) in [5.74, 6) is -0.135. The van der Waals surface area contributed by atoms with Crippen molar-refractivity contribution in [1.29, 1.82) is 0 Å². The number of benzene rings is 2. The van der Waals surface area contributed by atoms with Gasteiger partial charge in [0.25, 0.3) is 0 Å². The normalized spacial score (nSPS) is 14.7. The molecule has 0 fully saturated rings. The minimum Gasteiger partial charge on any atom is -0.323 e. The Morgan fingerprint density at radius 3 is 2.74 bits per heavy atom. The van der Waals surface area contributed by atoms with Gasteiger partial charge in [-0.2, -0.15) is 0 Å². The van der Waals surface area contributed by atoms with Gasteiger partial charge in [-0.1, -0.05) is 29.8 Å². The van der Waals surface area contributed by atoms with Crippen LogP contribution in [0.5, 0.6) is 0 Å². The number of halogens is 1. The molecule has 0 saturated carbocycles. The third-order valence-corrected chi connectivity index (χ3v) is 4.23. The van der Waals surface area contributed by atoms with Gasteiger partial charge in [-0.05, 0) is 60.5 Å². The maximum absolute atomic E-state index is 12.1. The molecule has 3 nitrogen and oxygen atoms in total. The summed E-state index contributed by atoms with van der Waals surface area (Å²) in [5.41, 5.74) is 4.44. The summed E-state index contributed by atoms with van der Waals surface area (Å²) in [4.78, 5) is 14.3. The molecule has 0 spiro atoms. The molecule has 0 unspecified atom stereocenters. The Morgan fingerprint density at radius 2 is 1.96 bits per heavy atom. The van der Waals surface area contributed by atoms with E-state index in [2.05, 4.69) is 29.4 Å². The largest absolute Gasteiger partial charge is 0.323 e. The monoisotopic (exact) mass is 326 g/mol. The summed E-state index contributed by atoms with van der Waals surface area (Å²) in [6, 6.07) is 13.5. The highest BCUT2D eigenvalue weighted by atomic mass is 35.5. The van der Waals surface area contributed by atoms with Gasteiger partial charge in [-0.25, -0.2) is 0 Å². The highest BCUT2D eigenvalue weighted by molar-refractivity contribution is 6.30. The Morgan fingerprint density at radius 1 is 1.17 bits per heavy atom. The van der Waals surface area contributed by atoms with E-state index in [-0.39, 0.29) is 5.91 Å². The van der Waals surface area contributed by atoms with Crippen molar-refractivity contribution in [3.05, 3.63) is 70.3 Å². The molecule has 1 amide bonds. The lowest BCUT2D eigenvalue weighted by molar-refractivity contribution is -0.111. The van der Waals surface area contributed by atoms with Gasteiger partial charge in [-0.3, -0.25) is 4.79 Å². The number of likely N-dealkylation sites (N-methyl/N-ethyl adjacent to an activating group) is 1. The quantitative estimate of drug-likeness (QED) is 0.865. The second-order valence-electron chi connectivity index (χ2n) is 5.85. The molecule has 3 rings (SSSR count). The fourth-order valence-electron chi connectivity index (χ4n) is 2.71. The Kier molecular flexibility index (Phi) is 4.79. The molecule has 0 aliphatic carbocycles. The van der Waals surface area contributed by atoms with Crippen molar-refractivity contribution in [1.82, 2.24) is 4.90 Å². The minimum absolute atomic E-state index is 0.135. The summed E-state index contributed by atoms with van der Waals surface area (Å²) < 4.78 is 0. The van der Waals surface area contributed by atoms with Gasteiger partial charge in [0.15, 0.2) is 0 Å². The summed E-state index contributed by atoms with van der Waals surface area (Å²) in [5, 5.41) is 3.60. The van der Waals surface area contributed by atoms with Crippen LogP contribution in [0.4, 0.5) is 5.69 Å². The van der Waals surface area contributed by atoms with Gasteiger partial charge in [0.1, 0.15) is 0 Å². The average Bonchev–Trinajstić information content (AvgIpc) is 2.54. The van der Waals surface area contributed by atoms with Gasteiger partial charge in [-0.15, -0.1) is 0 Å². The maximum Gasteiger partial charge on any atom is 0.248 e. The Balaban J connectivity index is 1.66. The van der Waals surface area contributed by atoms with E-state index in [4.69, 9.17) is 11.6 Å². The highest BCUT2D eigenvalue weighted by Crippen LogP contribution is 2.22. The molecule has 1 heterocycles. The highest BCUT2D eigenvalue weighted by Gasteiger charge is 2.13. The summed E-state index contributed by atoms with van der Waals surface area (Å²) in [7, 11) is 2.11. The predicted octanol–water partition coefficient (Wildman–Crippen LogP) is 3.98. The number of hydrogen-bond donors (Lipinski definition) is 1. The first-order chi connectivity index (χ1) is 11.1. The van der Waals surface area contributed by atoms with Gasteiger partial charge in [0, 0.05) is 29.9 Å². The fourth-order valence-corrected chi connectivity index (χ4v) is 2.83. The Hall–Kier alpha value is -2.10. The van der Waals surface area contributed by atoms with Crippen LogP contribution in [0.3, 0.4) is 0 Å². The van der Waals surface area contributed by atoms with Crippen LogP contribution >= 0.6 is 11.6 Å². The smallest absolute Gasteiger partial charge is 0.248 e. The number of anilines is 1. The van der Waals surface area contributed by atoms with Crippen LogP contribution in [-0.4, -0.2) is 24.4 Å². The Bertz CT molecular complexity index is 738. The zero-order chi connectivity index (χ0) is 16.2. The van der Waals surface area contributed by atoms with Crippen molar-refractivity contribution < 1.29 is 4.79 Å². The van der Waals surface area contributed by atoms with Crippen LogP contribution in [0.15, 0.2) is 48.5 Å². The van der Waals surface area contributed by atoms with E-state index < -0.39 is 0 Å². The van der Waals surface area contributed by atoms with Crippen LogP contribution in [0.25, 0.3) is 6.08 Å².